The maximum atomic E-state index is 12.6. The second kappa shape index (κ2) is 7.58. The van der Waals surface area contributed by atoms with Gasteiger partial charge >= 0.3 is 0 Å². The molecule has 1 fully saturated rings. The van der Waals surface area contributed by atoms with E-state index in [1.807, 2.05) is 23.1 Å². The van der Waals surface area contributed by atoms with Gasteiger partial charge in [0.1, 0.15) is 5.75 Å². The Kier molecular flexibility index (Phi) is 5.26. The minimum absolute atomic E-state index is 0.114. The molecule has 5 heteroatoms. The number of carbonyl (C=O) groups excluding carboxylic acids is 1. The molecule has 0 N–H and O–H groups in total. The summed E-state index contributed by atoms with van der Waals surface area (Å²) in [6, 6.07) is 15.7. The molecule has 4 nitrogen and oxygen atoms in total. The highest BCUT2D eigenvalue weighted by atomic mass is 35.5. The molecular weight excluding hydrogens is 324 g/mol. The average Bonchev–Trinajstić information content (AvgIpc) is 2.63. The van der Waals surface area contributed by atoms with Gasteiger partial charge in [-0.25, -0.2) is 0 Å². The first-order valence-electron chi connectivity index (χ1n) is 8.07. The summed E-state index contributed by atoms with van der Waals surface area (Å²) in [5.41, 5.74) is 2.04. The highest BCUT2D eigenvalue weighted by Crippen LogP contribution is 2.24. The van der Waals surface area contributed by atoms with E-state index in [2.05, 4.69) is 17.0 Å². The molecule has 0 aliphatic carbocycles. The van der Waals surface area contributed by atoms with E-state index in [0.29, 0.717) is 17.2 Å². The number of rotatable bonds is 4. The molecule has 0 unspecified atom stereocenters. The van der Waals surface area contributed by atoms with Crippen LogP contribution >= 0.6 is 11.6 Å². The monoisotopic (exact) mass is 344 g/mol. The fraction of sp³-hybridized carbons (Fsp3) is 0.316. The Hall–Kier alpha value is -2.20. The van der Waals surface area contributed by atoms with Crippen LogP contribution in [-0.4, -0.2) is 44.1 Å². The SMILES string of the molecule is COc1ccc(Cl)cc1CC(=O)N1CCN(c2ccccc2)CC1. The second-order valence-electron chi connectivity index (χ2n) is 5.84. The van der Waals surface area contributed by atoms with Gasteiger partial charge in [0.2, 0.25) is 5.91 Å². The predicted octanol–water partition coefficient (Wildman–Crippen LogP) is 3.24. The predicted molar refractivity (Wildman–Crippen MR) is 96.9 cm³/mol. The fourth-order valence-corrected chi connectivity index (χ4v) is 3.21. The maximum absolute atomic E-state index is 12.6. The van der Waals surface area contributed by atoms with E-state index in [4.69, 9.17) is 16.3 Å². The topological polar surface area (TPSA) is 32.8 Å². The molecule has 0 radical (unpaired) electrons. The van der Waals surface area contributed by atoms with Gasteiger partial charge in [-0.3, -0.25) is 4.79 Å². The summed E-state index contributed by atoms with van der Waals surface area (Å²) >= 11 is 6.04. The zero-order valence-corrected chi connectivity index (χ0v) is 14.5. The first kappa shape index (κ1) is 16.7. The third kappa shape index (κ3) is 3.82. The zero-order valence-electron chi connectivity index (χ0n) is 13.7. The van der Waals surface area contributed by atoms with Gasteiger partial charge < -0.3 is 14.5 Å². The summed E-state index contributed by atoms with van der Waals surface area (Å²) in [7, 11) is 1.61. The molecule has 1 heterocycles. The third-order valence-corrected chi connectivity index (χ3v) is 4.57. The van der Waals surface area contributed by atoms with Gasteiger partial charge in [-0.2, -0.15) is 0 Å². The lowest BCUT2D eigenvalue weighted by molar-refractivity contribution is -0.130. The van der Waals surface area contributed by atoms with Crippen LogP contribution in [0.5, 0.6) is 5.75 Å². The van der Waals surface area contributed by atoms with Crippen LogP contribution in [0.1, 0.15) is 5.56 Å². The number of benzene rings is 2. The quantitative estimate of drug-likeness (QED) is 0.853. The Labute approximate surface area is 147 Å². The zero-order chi connectivity index (χ0) is 16.9. The molecule has 24 heavy (non-hydrogen) atoms. The number of amides is 1. The number of ether oxygens (including phenoxy) is 1. The third-order valence-electron chi connectivity index (χ3n) is 4.34. The maximum Gasteiger partial charge on any atom is 0.227 e. The molecule has 1 aliphatic rings. The van der Waals surface area contributed by atoms with Crippen LogP contribution in [0.2, 0.25) is 5.02 Å². The standard InChI is InChI=1S/C19H21ClN2O2/c1-24-18-8-7-16(20)13-15(18)14-19(23)22-11-9-21(10-12-22)17-5-3-2-4-6-17/h2-8,13H,9-12,14H2,1H3. The second-order valence-corrected chi connectivity index (χ2v) is 6.27. The van der Waals surface area contributed by atoms with Crippen molar-refractivity contribution in [3.8, 4) is 5.75 Å². The first-order chi connectivity index (χ1) is 11.7. The van der Waals surface area contributed by atoms with Crippen LogP contribution < -0.4 is 9.64 Å². The van der Waals surface area contributed by atoms with Gasteiger partial charge in [-0.1, -0.05) is 29.8 Å². The van der Waals surface area contributed by atoms with Crippen LogP contribution in [0, 0.1) is 0 Å². The Morgan fingerprint density at radius 2 is 1.79 bits per heavy atom. The van der Waals surface area contributed by atoms with Crippen molar-refractivity contribution in [2.75, 3.05) is 38.2 Å². The first-order valence-corrected chi connectivity index (χ1v) is 8.45. The molecule has 0 bridgehead atoms. The van der Waals surface area contributed by atoms with Crippen LogP contribution in [0.15, 0.2) is 48.5 Å². The van der Waals surface area contributed by atoms with E-state index in [9.17, 15) is 4.79 Å². The number of carbonyl (C=O) groups is 1. The highest BCUT2D eigenvalue weighted by Gasteiger charge is 2.22. The van der Waals surface area contributed by atoms with E-state index < -0.39 is 0 Å². The van der Waals surface area contributed by atoms with Crippen molar-refractivity contribution < 1.29 is 9.53 Å². The molecule has 2 aromatic carbocycles. The lowest BCUT2D eigenvalue weighted by atomic mass is 10.1. The number of halogens is 1. The van der Waals surface area contributed by atoms with E-state index in [1.165, 1.54) is 5.69 Å². The molecule has 1 aliphatic heterocycles. The molecule has 0 atom stereocenters. The molecule has 1 saturated heterocycles. The Morgan fingerprint density at radius 3 is 2.46 bits per heavy atom. The van der Waals surface area contributed by atoms with Crippen LogP contribution in [0.4, 0.5) is 5.69 Å². The van der Waals surface area contributed by atoms with E-state index in [0.717, 1.165) is 31.7 Å². The molecule has 0 saturated carbocycles. The van der Waals surface area contributed by atoms with Gasteiger partial charge in [0.15, 0.2) is 0 Å². The van der Waals surface area contributed by atoms with Crippen molar-refractivity contribution in [1.82, 2.24) is 4.90 Å². The minimum atomic E-state index is 0.114. The number of hydrogen-bond acceptors (Lipinski definition) is 3. The van der Waals surface area contributed by atoms with Crippen molar-refractivity contribution in [3.05, 3.63) is 59.1 Å². The largest absolute Gasteiger partial charge is 0.496 e. The van der Waals surface area contributed by atoms with Gasteiger partial charge in [-0.15, -0.1) is 0 Å². The van der Waals surface area contributed by atoms with Gasteiger partial charge in [0.05, 0.1) is 13.5 Å². The number of hydrogen-bond donors (Lipinski definition) is 0. The van der Waals surface area contributed by atoms with E-state index in [1.54, 1.807) is 25.3 Å². The molecule has 126 valence electrons. The molecule has 2 aromatic rings. The normalized spacial score (nSPS) is 14.6. The van der Waals surface area contributed by atoms with Crippen molar-refractivity contribution in [3.63, 3.8) is 0 Å². The van der Waals surface area contributed by atoms with Crippen LogP contribution in [0.3, 0.4) is 0 Å². The van der Waals surface area contributed by atoms with Gasteiger partial charge in [0, 0.05) is 42.5 Å². The number of nitrogens with zero attached hydrogens (tertiary/aromatic N) is 2. The molecule has 0 spiro atoms. The smallest absolute Gasteiger partial charge is 0.227 e. The van der Waals surface area contributed by atoms with Crippen molar-refractivity contribution in [2.45, 2.75) is 6.42 Å². The Morgan fingerprint density at radius 1 is 1.08 bits per heavy atom. The number of anilines is 1. The molecular formula is C19H21ClN2O2. The number of methoxy groups -OCH3 is 1. The van der Waals surface area contributed by atoms with Gasteiger partial charge in [-0.05, 0) is 30.3 Å². The van der Waals surface area contributed by atoms with Crippen LogP contribution in [0.25, 0.3) is 0 Å². The van der Waals surface area contributed by atoms with Crippen molar-refractivity contribution in [2.24, 2.45) is 0 Å². The summed E-state index contributed by atoms with van der Waals surface area (Å²) < 4.78 is 5.33. The number of piperazine rings is 1. The highest BCUT2D eigenvalue weighted by molar-refractivity contribution is 6.30. The van der Waals surface area contributed by atoms with E-state index in [-0.39, 0.29) is 5.91 Å². The Bertz CT molecular complexity index is 698. The summed E-state index contributed by atoms with van der Waals surface area (Å²) in [5.74, 6) is 0.818. The summed E-state index contributed by atoms with van der Waals surface area (Å²) in [6.07, 6.45) is 0.315. The summed E-state index contributed by atoms with van der Waals surface area (Å²) in [5, 5.41) is 0.618. The summed E-state index contributed by atoms with van der Waals surface area (Å²) in [4.78, 5) is 16.8. The minimum Gasteiger partial charge on any atom is -0.496 e. The Balaban J connectivity index is 1.61. The van der Waals surface area contributed by atoms with Crippen molar-refractivity contribution >= 4 is 23.2 Å². The van der Waals surface area contributed by atoms with Crippen molar-refractivity contribution in [1.29, 1.82) is 0 Å². The molecule has 0 aromatic heterocycles. The lowest BCUT2D eigenvalue weighted by Gasteiger charge is -2.36. The fourth-order valence-electron chi connectivity index (χ4n) is 3.01. The van der Waals surface area contributed by atoms with Crippen LogP contribution in [-0.2, 0) is 11.2 Å². The average molecular weight is 345 g/mol. The lowest BCUT2D eigenvalue weighted by Crippen LogP contribution is -2.49. The number of para-hydroxylation sites is 1. The van der Waals surface area contributed by atoms with Gasteiger partial charge in [0.25, 0.3) is 0 Å². The molecule has 1 amide bonds. The summed E-state index contributed by atoms with van der Waals surface area (Å²) in [6.45, 7) is 3.16. The molecule has 3 rings (SSSR count). The van der Waals surface area contributed by atoms with E-state index >= 15 is 0 Å².